The van der Waals surface area contributed by atoms with Gasteiger partial charge in [0.15, 0.2) is 0 Å². The molecule has 1 aliphatic carbocycles. The summed E-state index contributed by atoms with van der Waals surface area (Å²) in [7, 11) is 0. The molecule has 0 saturated heterocycles. The zero-order valence-corrected chi connectivity index (χ0v) is 10.5. The van der Waals surface area contributed by atoms with Crippen LogP contribution in [0.2, 0.25) is 0 Å². The molecule has 0 aliphatic heterocycles. The second kappa shape index (κ2) is 4.89. The Morgan fingerprint density at radius 1 is 1.31 bits per heavy atom. The van der Waals surface area contributed by atoms with Crippen LogP contribution < -0.4 is 5.73 Å². The zero-order valence-electron chi connectivity index (χ0n) is 10.5. The summed E-state index contributed by atoms with van der Waals surface area (Å²) in [4.78, 5) is 4.75. The summed E-state index contributed by atoms with van der Waals surface area (Å²) in [5, 5.41) is 0. The van der Waals surface area contributed by atoms with E-state index in [9.17, 15) is 0 Å². The minimum atomic E-state index is 0.665. The van der Waals surface area contributed by atoms with Crippen molar-refractivity contribution in [2.75, 3.05) is 5.73 Å². The van der Waals surface area contributed by atoms with Crippen molar-refractivity contribution in [2.45, 2.75) is 64.8 Å². The molecule has 90 valence electrons. The van der Waals surface area contributed by atoms with Crippen molar-refractivity contribution in [3.8, 4) is 0 Å². The predicted molar refractivity (Wildman–Crippen MR) is 67.5 cm³/mol. The summed E-state index contributed by atoms with van der Waals surface area (Å²) in [6.45, 7) is 5.46. The van der Waals surface area contributed by atoms with Gasteiger partial charge in [0.05, 0.1) is 5.69 Å². The van der Waals surface area contributed by atoms with Crippen molar-refractivity contribution in [1.29, 1.82) is 0 Å². The van der Waals surface area contributed by atoms with Crippen LogP contribution in [0.3, 0.4) is 0 Å². The van der Waals surface area contributed by atoms with E-state index in [-0.39, 0.29) is 0 Å². The van der Waals surface area contributed by atoms with Gasteiger partial charge in [0, 0.05) is 18.9 Å². The Hall–Kier alpha value is -0.990. The molecule has 1 aliphatic rings. The lowest BCUT2D eigenvalue weighted by Crippen LogP contribution is -2.07. The van der Waals surface area contributed by atoms with E-state index in [1.165, 1.54) is 37.2 Å². The molecule has 0 radical (unpaired) electrons. The molecule has 0 spiro atoms. The maximum absolute atomic E-state index is 6.22. The first kappa shape index (κ1) is 11.5. The number of imidazole rings is 1. The van der Waals surface area contributed by atoms with Crippen molar-refractivity contribution >= 4 is 5.82 Å². The summed E-state index contributed by atoms with van der Waals surface area (Å²) in [6.07, 6.45) is 7.16. The molecule has 0 unspecified atom stereocenters. The first-order chi connectivity index (χ1) is 7.77. The van der Waals surface area contributed by atoms with E-state index in [0.717, 1.165) is 25.2 Å². The second-order valence-corrected chi connectivity index (χ2v) is 4.83. The maximum atomic E-state index is 6.22. The molecule has 1 fully saturated rings. The van der Waals surface area contributed by atoms with E-state index in [2.05, 4.69) is 18.4 Å². The van der Waals surface area contributed by atoms with Gasteiger partial charge in [-0.1, -0.05) is 20.3 Å². The lowest BCUT2D eigenvalue weighted by Gasteiger charge is -2.08. The van der Waals surface area contributed by atoms with Gasteiger partial charge in [0.1, 0.15) is 11.6 Å². The summed E-state index contributed by atoms with van der Waals surface area (Å²) in [5.74, 6) is 2.81. The second-order valence-electron chi connectivity index (χ2n) is 4.83. The van der Waals surface area contributed by atoms with E-state index in [1.54, 1.807) is 0 Å². The summed E-state index contributed by atoms with van der Waals surface area (Å²) < 4.78 is 2.25. The zero-order chi connectivity index (χ0) is 11.5. The first-order valence-corrected chi connectivity index (χ1v) is 6.62. The van der Waals surface area contributed by atoms with Gasteiger partial charge >= 0.3 is 0 Å². The third-order valence-corrected chi connectivity index (χ3v) is 3.29. The molecule has 1 heterocycles. The van der Waals surface area contributed by atoms with Crippen LogP contribution in [0.15, 0.2) is 0 Å². The molecule has 16 heavy (non-hydrogen) atoms. The molecule has 0 amide bonds. The van der Waals surface area contributed by atoms with Crippen molar-refractivity contribution < 1.29 is 0 Å². The average molecular weight is 221 g/mol. The number of aromatic nitrogens is 2. The highest BCUT2D eigenvalue weighted by Gasteiger charge is 2.30. The molecule has 0 bridgehead atoms. The number of rotatable bonds is 6. The van der Waals surface area contributed by atoms with Crippen molar-refractivity contribution in [3.05, 3.63) is 11.5 Å². The minimum absolute atomic E-state index is 0.665. The van der Waals surface area contributed by atoms with Crippen molar-refractivity contribution in [2.24, 2.45) is 0 Å². The molecule has 2 rings (SSSR count). The van der Waals surface area contributed by atoms with Crippen LogP contribution in [0.1, 0.15) is 63.4 Å². The minimum Gasteiger partial charge on any atom is -0.384 e. The number of nitrogens with two attached hydrogens (primary N) is 1. The van der Waals surface area contributed by atoms with E-state index < -0.39 is 0 Å². The molecule has 3 heteroatoms. The highest BCUT2D eigenvalue weighted by Crippen LogP contribution is 2.42. The van der Waals surface area contributed by atoms with Gasteiger partial charge in [-0.05, 0) is 25.7 Å². The highest BCUT2D eigenvalue weighted by molar-refractivity contribution is 5.42. The normalized spacial score (nSPS) is 15.6. The highest BCUT2D eigenvalue weighted by atomic mass is 15.1. The maximum Gasteiger partial charge on any atom is 0.127 e. The number of nitrogen functional groups attached to an aromatic ring is 1. The molecular formula is C13H23N3. The summed E-state index contributed by atoms with van der Waals surface area (Å²) in [6, 6.07) is 0. The first-order valence-electron chi connectivity index (χ1n) is 6.62. The topological polar surface area (TPSA) is 43.8 Å². The third-order valence-electron chi connectivity index (χ3n) is 3.29. The Labute approximate surface area is 98.1 Å². The number of hydrogen-bond donors (Lipinski definition) is 1. The quantitative estimate of drug-likeness (QED) is 0.802. The standard InChI is InChI=1S/C13H23N3/c1-3-5-9-16-11(6-4-2)15-12(13(16)14)10-7-8-10/h10H,3-9,14H2,1-2H3. The number of unbranched alkanes of at least 4 members (excludes halogenated alkanes) is 1. The molecule has 2 N–H and O–H groups in total. The Morgan fingerprint density at radius 3 is 2.62 bits per heavy atom. The number of nitrogens with zero attached hydrogens (tertiary/aromatic N) is 2. The van der Waals surface area contributed by atoms with Crippen LogP contribution >= 0.6 is 0 Å². The van der Waals surface area contributed by atoms with Crippen LogP contribution in [0, 0.1) is 0 Å². The number of hydrogen-bond acceptors (Lipinski definition) is 2. The van der Waals surface area contributed by atoms with Crippen LogP contribution in [-0.4, -0.2) is 9.55 Å². The van der Waals surface area contributed by atoms with Crippen LogP contribution in [-0.2, 0) is 13.0 Å². The third kappa shape index (κ3) is 2.23. The van der Waals surface area contributed by atoms with E-state index >= 15 is 0 Å². The fraction of sp³-hybridized carbons (Fsp3) is 0.769. The Balaban J connectivity index is 2.22. The van der Waals surface area contributed by atoms with E-state index in [1.807, 2.05) is 0 Å². The van der Waals surface area contributed by atoms with Gasteiger partial charge in [-0.15, -0.1) is 0 Å². The van der Waals surface area contributed by atoms with Crippen molar-refractivity contribution in [3.63, 3.8) is 0 Å². The predicted octanol–water partition coefficient (Wildman–Crippen LogP) is 3.10. The van der Waals surface area contributed by atoms with Crippen LogP contribution in [0.5, 0.6) is 0 Å². The summed E-state index contributed by atoms with van der Waals surface area (Å²) >= 11 is 0. The smallest absolute Gasteiger partial charge is 0.127 e. The Morgan fingerprint density at radius 2 is 2.06 bits per heavy atom. The number of anilines is 1. The lowest BCUT2D eigenvalue weighted by molar-refractivity contribution is 0.604. The van der Waals surface area contributed by atoms with Gasteiger partial charge in [-0.2, -0.15) is 0 Å². The van der Waals surface area contributed by atoms with Gasteiger partial charge in [0.2, 0.25) is 0 Å². The molecule has 1 saturated carbocycles. The molecular weight excluding hydrogens is 198 g/mol. The van der Waals surface area contributed by atoms with Gasteiger partial charge in [-0.25, -0.2) is 4.98 Å². The fourth-order valence-corrected chi connectivity index (χ4v) is 2.17. The van der Waals surface area contributed by atoms with Crippen molar-refractivity contribution in [1.82, 2.24) is 9.55 Å². The molecule has 1 aromatic rings. The largest absolute Gasteiger partial charge is 0.384 e. The van der Waals surface area contributed by atoms with Crippen LogP contribution in [0.4, 0.5) is 5.82 Å². The van der Waals surface area contributed by atoms with Gasteiger partial charge in [-0.3, -0.25) is 0 Å². The van der Waals surface area contributed by atoms with Crippen LogP contribution in [0.25, 0.3) is 0 Å². The Bertz CT molecular complexity index is 350. The molecule has 3 nitrogen and oxygen atoms in total. The Kier molecular flexibility index (Phi) is 3.52. The average Bonchev–Trinajstić information content (AvgIpc) is 3.05. The molecule has 0 atom stereocenters. The lowest BCUT2D eigenvalue weighted by atomic mass is 10.3. The summed E-state index contributed by atoms with van der Waals surface area (Å²) in [5.41, 5.74) is 7.40. The monoisotopic (exact) mass is 221 g/mol. The van der Waals surface area contributed by atoms with E-state index in [4.69, 9.17) is 10.7 Å². The fourth-order valence-electron chi connectivity index (χ4n) is 2.17. The molecule has 0 aromatic carbocycles. The SMILES string of the molecule is CCCCn1c(CCC)nc(C2CC2)c1N. The number of aryl methyl sites for hydroxylation is 1. The van der Waals surface area contributed by atoms with Gasteiger partial charge < -0.3 is 10.3 Å². The van der Waals surface area contributed by atoms with E-state index in [0.29, 0.717) is 5.92 Å². The molecule has 1 aromatic heterocycles. The van der Waals surface area contributed by atoms with Gasteiger partial charge in [0.25, 0.3) is 0 Å².